The molecule has 0 bridgehead atoms. The Morgan fingerprint density at radius 3 is 2.53 bits per heavy atom. The lowest BCUT2D eigenvalue weighted by Gasteiger charge is -2.38. The number of anilines is 1. The fraction of sp³-hybridized carbons (Fsp3) is 0.429. The number of ether oxygens (including phenoxy) is 1. The number of carbonyl (C=O) groups excluding carboxylic acids is 1. The molecule has 2 fully saturated rings. The van der Waals surface area contributed by atoms with Crippen LogP contribution in [-0.2, 0) is 16.6 Å². The first-order chi connectivity index (χ1) is 14.2. The summed E-state index contributed by atoms with van der Waals surface area (Å²) in [6, 6.07) is 2.02. The minimum Gasteiger partial charge on any atom is -0.372 e. The molecule has 0 N–H and O–H groups in total. The molecular weight excluding hydrogens is 420 g/mol. The minimum absolute atomic E-state index is 0.0153. The van der Waals surface area contributed by atoms with Crippen molar-refractivity contribution in [3.63, 3.8) is 0 Å². The number of thioether (sulfide) groups is 1. The summed E-state index contributed by atoms with van der Waals surface area (Å²) in [6.07, 6.45) is 3.34. The van der Waals surface area contributed by atoms with Gasteiger partial charge in [-0.15, -0.1) is 6.58 Å². The van der Waals surface area contributed by atoms with Gasteiger partial charge in [-0.2, -0.15) is 5.26 Å². The summed E-state index contributed by atoms with van der Waals surface area (Å²) >= 11 is 6.55. The highest BCUT2D eigenvalue weighted by atomic mass is 32.2. The van der Waals surface area contributed by atoms with Gasteiger partial charge < -0.3 is 9.64 Å². The first-order valence-electron chi connectivity index (χ1n) is 9.59. The van der Waals surface area contributed by atoms with Crippen LogP contribution in [0.1, 0.15) is 30.5 Å². The molecule has 0 radical (unpaired) electrons. The average molecular weight is 445 g/mol. The molecule has 2 unspecified atom stereocenters. The molecule has 158 valence electrons. The lowest BCUT2D eigenvalue weighted by atomic mass is 10.0. The summed E-state index contributed by atoms with van der Waals surface area (Å²) in [6.45, 7) is 10.9. The molecule has 0 aliphatic carbocycles. The zero-order valence-electron chi connectivity index (χ0n) is 17.5. The maximum absolute atomic E-state index is 12.9. The summed E-state index contributed by atoms with van der Waals surface area (Å²) in [7, 11) is 1.66. The fourth-order valence-corrected chi connectivity index (χ4v) is 5.12. The van der Waals surface area contributed by atoms with Gasteiger partial charge in [-0.25, -0.2) is 0 Å². The molecule has 1 aromatic rings. The number of pyridine rings is 1. The van der Waals surface area contributed by atoms with Crippen LogP contribution in [0.15, 0.2) is 22.4 Å². The van der Waals surface area contributed by atoms with Crippen molar-refractivity contribution in [2.24, 2.45) is 7.05 Å². The van der Waals surface area contributed by atoms with Crippen LogP contribution in [0.2, 0.25) is 0 Å². The molecule has 1 aromatic heterocycles. The largest absolute Gasteiger partial charge is 0.372 e. The van der Waals surface area contributed by atoms with Crippen molar-refractivity contribution in [3.05, 3.63) is 44.6 Å². The third-order valence-electron chi connectivity index (χ3n) is 5.15. The van der Waals surface area contributed by atoms with E-state index in [4.69, 9.17) is 17.0 Å². The molecule has 2 aliphatic rings. The quantitative estimate of drug-likeness (QED) is 0.401. The Morgan fingerprint density at radius 2 is 1.97 bits per heavy atom. The highest BCUT2D eigenvalue weighted by Gasteiger charge is 2.33. The van der Waals surface area contributed by atoms with Gasteiger partial charge in [-0.1, -0.05) is 30.1 Å². The molecule has 2 atom stereocenters. The number of nitriles is 1. The zero-order valence-corrected chi connectivity index (χ0v) is 19.1. The van der Waals surface area contributed by atoms with Crippen LogP contribution in [0.25, 0.3) is 6.08 Å². The molecule has 9 heteroatoms. The van der Waals surface area contributed by atoms with Crippen molar-refractivity contribution in [2.45, 2.75) is 33.0 Å². The van der Waals surface area contributed by atoms with Crippen LogP contribution in [-0.4, -0.2) is 51.5 Å². The molecule has 0 spiro atoms. The Kier molecular flexibility index (Phi) is 6.50. The van der Waals surface area contributed by atoms with Gasteiger partial charge in [0.1, 0.15) is 21.8 Å². The van der Waals surface area contributed by atoms with E-state index in [0.29, 0.717) is 45.8 Å². The topological polar surface area (TPSA) is 78.6 Å². The number of hydrogen-bond donors (Lipinski definition) is 0. The smallest absolute Gasteiger partial charge is 0.270 e. The highest BCUT2D eigenvalue weighted by Crippen LogP contribution is 2.36. The first-order valence-corrected chi connectivity index (χ1v) is 10.8. The Bertz CT molecular complexity index is 1040. The van der Waals surface area contributed by atoms with Crippen molar-refractivity contribution < 1.29 is 9.53 Å². The maximum atomic E-state index is 12.9. The second-order valence-corrected chi connectivity index (χ2v) is 9.13. The fourth-order valence-electron chi connectivity index (χ4n) is 3.86. The van der Waals surface area contributed by atoms with E-state index in [-0.39, 0.29) is 29.2 Å². The molecule has 2 aliphatic heterocycles. The predicted molar refractivity (Wildman–Crippen MR) is 123 cm³/mol. The lowest BCUT2D eigenvalue weighted by Crippen LogP contribution is -2.47. The van der Waals surface area contributed by atoms with Crippen molar-refractivity contribution in [3.8, 4) is 6.07 Å². The van der Waals surface area contributed by atoms with E-state index < -0.39 is 0 Å². The lowest BCUT2D eigenvalue weighted by molar-refractivity contribution is -0.121. The Hall–Kier alpha value is -2.41. The van der Waals surface area contributed by atoms with E-state index in [0.717, 1.165) is 0 Å². The molecular formula is C21H24N4O3S2. The second-order valence-electron chi connectivity index (χ2n) is 7.46. The summed E-state index contributed by atoms with van der Waals surface area (Å²) in [5, 5.41) is 9.57. The van der Waals surface area contributed by atoms with Crippen LogP contribution in [0.3, 0.4) is 0 Å². The third-order valence-corrected chi connectivity index (χ3v) is 6.53. The number of carbonyl (C=O) groups is 1. The number of hydrogen-bond acceptors (Lipinski definition) is 7. The number of rotatable bonds is 4. The number of amides is 1. The molecule has 30 heavy (non-hydrogen) atoms. The van der Waals surface area contributed by atoms with E-state index in [1.165, 1.54) is 21.2 Å². The Morgan fingerprint density at radius 1 is 1.33 bits per heavy atom. The van der Waals surface area contributed by atoms with Gasteiger partial charge in [-0.3, -0.25) is 19.1 Å². The van der Waals surface area contributed by atoms with Crippen molar-refractivity contribution in [1.82, 2.24) is 9.47 Å². The minimum atomic E-state index is -0.354. The average Bonchev–Trinajstić information content (AvgIpc) is 2.93. The van der Waals surface area contributed by atoms with Gasteiger partial charge in [0.15, 0.2) is 0 Å². The van der Waals surface area contributed by atoms with Crippen molar-refractivity contribution in [1.29, 1.82) is 5.26 Å². The van der Waals surface area contributed by atoms with Gasteiger partial charge in [0.05, 0.1) is 17.1 Å². The standard InChI is InChI=1S/C21H24N4O3S2/c1-6-7-25-20(27)17(30-21(25)29)8-15-14(4)16(9-22)19(26)23(5)18(15)24-10-12(2)28-13(3)11-24/h6,8,12-13H,1,7,10-11H2,2-5H3/b17-8-. The van der Waals surface area contributed by atoms with Crippen molar-refractivity contribution >= 4 is 46.1 Å². The van der Waals surface area contributed by atoms with Crippen LogP contribution >= 0.6 is 24.0 Å². The van der Waals surface area contributed by atoms with Crippen LogP contribution in [0.5, 0.6) is 0 Å². The molecule has 3 heterocycles. The van der Waals surface area contributed by atoms with Crippen LogP contribution < -0.4 is 10.5 Å². The van der Waals surface area contributed by atoms with E-state index in [1.807, 2.05) is 19.9 Å². The summed E-state index contributed by atoms with van der Waals surface area (Å²) in [5.74, 6) is 0.471. The summed E-state index contributed by atoms with van der Waals surface area (Å²) in [5.41, 5.74) is 0.946. The Labute approximate surface area is 185 Å². The number of morpholine rings is 1. The summed E-state index contributed by atoms with van der Waals surface area (Å²) in [4.78, 5) is 29.7. The highest BCUT2D eigenvalue weighted by molar-refractivity contribution is 8.26. The number of thiocarbonyl (C=S) groups is 1. The molecule has 7 nitrogen and oxygen atoms in total. The zero-order chi connectivity index (χ0) is 22.2. The monoisotopic (exact) mass is 444 g/mol. The predicted octanol–water partition coefficient (Wildman–Crippen LogP) is 2.57. The van der Waals surface area contributed by atoms with Crippen LogP contribution in [0.4, 0.5) is 5.82 Å². The molecule has 3 rings (SSSR count). The van der Waals surface area contributed by atoms with Gasteiger partial charge in [0.25, 0.3) is 11.5 Å². The van der Waals surface area contributed by atoms with Crippen LogP contribution in [0, 0.1) is 18.3 Å². The number of nitrogens with zero attached hydrogens (tertiary/aromatic N) is 4. The second kappa shape index (κ2) is 8.76. The van der Waals surface area contributed by atoms with E-state index in [1.54, 1.807) is 26.1 Å². The molecule has 0 saturated carbocycles. The van der Waals surface area contributed by atoms with E-state index in [2.05, 4.69) is 11.5 Å². The third kappa shape index (κ3) is 3.95. The van der Waals surface area contributed by atoms with Crippen molar-refractivity contribution in [2.75, 3.05) is 24.5 Å². The molecule has 0 aromatic carbocycles. The van der Waals surface area contributed by atoms with Gasteiger partial charge >= 0.3 is 0 Å². The van der Waals surface area contributed by atoms with E-state index in [9.17, 15) is 14.9 Å². The SMILES string of the molecule is C=CCN1C(=O)/C(=C/c2c(C)c(C#N)c(=O)n(C)c2N2CC(C)OC(C)C2)SC1=S. The number of aromatic nitrogens is 1. The summed E-state index contributed by atoms with van der Waals surface area (Å²) < 4.78 is 7.80. The first kappa shape index (κ1) is 22.3. The molecule has 2 saturated heterocycles. The van der Waals surface area contributed by atoms with Gasteiger partial charge in [-0.05, 0) is 32.4 Å². The van der Waals surface area contributed by atoms with Gasteiger partial charge in [0, 0.05) is 32.2 Å². The van der Waals surface area contributed by atoms with E-state index >= 15 is 0 Å². The van der Waals surface area contributed by atoms with Gasteiger partial charge in [0.2, 0.25) is 0 Å². The normalized spacial score (nSPS) is 23.2. The maximum Gasteiger partial charge on any atom is 0.270 e. The molecule has 1 amide bonds. The Balaban J connectivity index is 2.21.